The fourth-order valence-electron chi connectivity index (χ4n) is 2.36. The van der Waals surface area contributed by atoms with Gasteiger partial charge in [-0.2, -0.15) is 5.26 Å². The Hall–Kier alpha value is -2.94. The van der Waals surface area contributed by atoms with E-state index in [0.29, 0.717) is 23.4 Å². The minimum atomic E-state index is -0.335. The molecule has 2 aromatic rings. The first kappa shape index (κ1) is 12.1. The average Bonchev–Trinajstić information content (AvgIpc) is 2.76. The summed E-state index contributed by atoms with van der Waals surface area (Å²) in [5.41, 5.74) is 8.07. The monoisotopic (exact) mass is 268 g/mol. The molecule has 0 saturated carbocycles. The molecule has 0 bridgehead atoms. The Kier molecular flexibility index (Phi) is 2.61. The molecule has 1 aliphatic heterocycles. The molecule has 0 radical (unpaired) electrons. The van der Waals surface area contributed by atoms with Crippen LogP contribution in [0.15, 0.2) is 29.6 Å². The number of fused-ring (bicyclic) bond motifs is 3. The van der Waals surface area contributed by atoms with Crippen molar-refractivity contribution in [1.29, 1.82) is 5.26 Å². The molecular formula is C14H12N4O2. The minimum Gasteiger partial charge on any atom is -0.497 e. The van der Waals surface area contributed by atoms with E-state index in [0.717, 1.165) is 16.5 Å². The van der Waals surface area contributed by atoms with Crippen molar-refractivity contribution in [2.24, 2.45) is 5.73 Å². The fourth-order valence-corrected chi connectivity index (χ4v) is 2.36. The number of methoxy groups -OCH3 is 1. The number of hydrogen-bond donors (Lipinski definition) is 3. The molecule has 0 atom stereocenters. The molecule has 0 unspecified atom stereocenters. The van der Waals surface area contributed by atoms with Crippen molar-refractivity contribution in [1.82, 2.24) is 10.3 Å². The van der Waals surface area contributed by atoms with Crippen LogP contribution in [0.3, 0.4) is 0 Å². The van der Waals surface area contributed by atoms with Crippen molar-refractivity contribution in [2.75, 3.05) is 7.11 Å². The summed E-state index contributed by atoms with van der Waals surface area (Å²) in [6, 6.07) is 7.53. The first-order valence-electron chi connectivity index (χ1n) is 6.02. The molecule has 6 nitrogen and oxygen atoms in total. The first-order chi connectivity index (χ1) is 9.63. The molecule has 1 aromatic carbocycles. The van der Waals surface area contributed by atoms with Crippen LogP contribution in [0.25, 0.3) is 10.9 Å². The van der Waals surface area contributed by atoms with Crippen molar-refractivity contribution in [3.05, 3.63) is 40.9 Å². The largest absolute Gasteiger partial charge is 0.497 e. The summed E-state index contributed by atoms with van der Waals surface area (Å²) >= 11 is 0. The highest BCUT2D eigenvalue weighted by Gasteiger charge is 2.24. The van der Waals surface area contributed by atoms with E-state index in [-0.39, 0.29) is 11.7 Å². The Bertz CT molecular complexity index is 795. The standard InChI is InChI=1S/C14H12N4O2/c1-20-8-2-3-11-9(5-8)10-4-7(6-15)13(16)18-14(19)12(10)17-11/h2-3,5,17H,4,16H2,1H3,(H,18,19). The number of nitrogens with zero attached hydrogens (tertiary/aromatic N) is 1. The van der Waals surface area contributed by atoms with E-state index in [4.69, 9.17) is 15.7 Å². The van der Waals surface area contributed by atoms with Gasteiger partial charge in [0.25, 0.3) is 5.91 Å². The Morgan fingerprint density at radius 1 is 1.45 bits per heavy atom. The highest BCUT2D eigenvalue weighted by atomic mass is 16.5. The summed E-state index contributed by atoms with van der Waals surface area (Å²) in [6.07, 6.45) is 0.309. The van der Waals surface area contributed by atoms with Crippen LogP contribution in [0.4, 0.5) is 0 Å². The molecule has 20 heavy (non-hydrogen) atoms. The van der Waals surface area contributed by atoms with Crippen molar-refractivity contribution < 1.29 is 9.53 Å². The molecule has 6 heteroatoms. The highest BCUT2D eigenvalue weighted by Crippen LogP contribution is 2.29. The number of carbonyl (C=O) groups is 1. The summed E-state index contributed by atoms with van der Waals surface area (Å²) in [4.78, 5) is 15.2. The van der Waals surface area contributed by atoms with Crippen molar-refractivity contribution in [3.63, 3.8) is 0 Å². The number of benzene rings is 1. The summed E-state index contributed by atoms with van der Waals surface area (Å²) in [6.45, 7) is 0. The van der Waals surface area contributed by atoms with Crippen LogP contribution in [0, 0.1) is 11.3 Å². The van der Waals surface area contributed by atoms with Gasteiger partial charge in [-0.05, 0) is 23.8 Å². The molecule has 4 N–H and O–H groups in total. The van der Waals surface area contributed by atoms with Crippen molar-refractivity contribution in [3.8, 4) is 11.8 Å². The second kappa shape index (κ2) is 4.31. The van der Waals surface area contributed by atoms with Crippen molar-refractivity contribution >= 4 is 16.8 Å². The average molecular weight is 268 g/mol. The maximum Gasteiger partial charge on any atom is 0.273 e. The molecule has 1 aliphatic rings. The topological polar surface area (TPSA) is 104 Å². The lowest BCUT2D eigenvalue weighted by Gasteiger charge is -2.02. The van der Waals surface area contributed by atoms with Gasteiger partial charge >= 0.3 is 0 Å². The van der Waals surface area contributed by atoms with E-state index in [1.165, 1.54) is 0 Å². The molecule has 1 aromatic heterocycles. The zero-order valence-electron chi connectivity index (χ0n) is 10.8. The van der Waals surface area contributed by atoms with Gasteiger partial charge in [-0.3, -0.25) is 4.79 Å². The van der Waals surface area contributed by atoms with Gasteiger partial charge in [-0.25, -0.2) is 0 Å². The SMILES string of the molecule is COc1ccc2[nH]c3c(c2c1)CC(C#N)=C(N)NC3=O. The van der Waals surface area contributed by atoms with Crippen LogP contribution >= 0.6 is 0 Å². The third-order valence-corrected chi connectivity index (χ3v) is 3.40. The molecule has 1 amide bonds. The summed E-state index contributed by atoms with van der Waals surface area (Å²) in [5, 5.41) is 12.5. The second-order valence-corrected chi connectivity index (χ2v) is 4.53. The lowest BCUT2D eigenvalue weighted by molar-refractivity contribution is 0.0961. The van der Waals surface area contributed by atoms with Gasteiger partial charge in [0.05, 0.1) is 18.8 Å². The lowest BCUT2D eigenvalue weighted by Crippen LogP contribution is -2.27. The first-order valence-corrected chi connectivity index (χ1v) is 6.02. The van der Waals surface area contributed by atoms with Gasteiger partial charge in [0.2, 0.25) is 0 Å². The van der Waals surface area contributed by atoms with Crippen molar-refractivity contribution in [2.45, 2.75) is 6.42 Å². The molecule has 3 rings (SSSR count). The number of amides is 1. The number of allylic oxidation sites excluding steroid dienone is 1. The van der Waals surface area contributed by atoms with Crippen LogP contribution < -0.4 is 15.8 Å². The Balaban J connectivity index is 2.27. The van der Waals surface area contributed by atoms with Crippen LogP contribution in [-0.2, 0) is 6.42 Å². The zero-order valence-corrected chi connectivity index (χ0v) is 10.8. The van der Waals surface area contributed by atoms with Crippen LogP contribution in [0.5, 0.6) is 5.75 Å². The zero-order chi connectivity index (χ0) is 14.3. The number of hydrogen-bond acceptors (Lipinski definition) is 4. The van der Waals surface area contributed by atoms with E-state index in [2.05, 4.69) is 10.3 Å². The molecule has 0 aliphatic carbocycles. The number of H-pyrrole nitrogens is 1. The Labute approximate surface area is 114 Å². The molecular weight excluding hydrogens is 256 g/mol. The smallest absolute Gasteiger partial charge is 0.273 e. The quantitative estimate of drug-likeness (QED) is 0.721. The number of carbonyl (C=O) groups excluding carboxylic acids is 1. The molecule has 100 valence electrons. The Morgan fingerprint density at radius 2 is 2.25 bits per heavy atom. The second-order valence-electron chi connectivity index (χ2n) is 4.53. The number of ether oxygens (including phenoxy) is 1. The summed E-state index contributed by atoms with van der Waals surface area (Å²) in [7, 11) is 1.58. The number of rotatable bonds is 1. The van der Waals surface area contributed by atoms with Gasteiger partial charge in [0, 0.05) is 17.3 Å². The maximum absolute atomic E-state index is 12.1. The number of nitriles is 1. The number of nitrogens with one attached hydrogen (secondary N) is 2. The number of aromatic amines is 1. The van der Waals surface area contributed by atoms with Crippen LogP contribution in [0.1, 0.15) is 16.1 Å². The summed E-state index contributed by atoms with van der Waals surface area (Å²) in [5.74, 6) is 0.468. The molecule has 0 fully saturated rings. The normalized spacial score (nSPS) is 14.5. The summed E-state index contributed by atoms with van der Waals surface area (Å²) < 4.78 is 5.20. The Morgan fingerprint density at radius 3 is 2.95 bits per heavy atom. The molecule has 0 spiro atoms. The predicted octanol–water partition coefficient (Wildman–Crippen LogP) is 1.16. The van der Waals surface area contributed by atoms with Gasteiger partial charge in [0.1, 0.15) is 17.3 Å². The van der Waals surface area contributed by atoms with E-state index in [9.17, 15) is 4.79 Å². The van der Waals surface area contributed by atoms with Gasteiger partial charge in [-0.1, -0.05) is 0 Å². The minimum absolute atomic E-state index is 0.109. The van der Waals surface area contributed by atoms with E-state index >= 15 is 0 Å². The molecule has 2 heterocycles. The number of aromatic nitrogens is 1. The third-order valence-electron chi connectivity index (χ3n) is 3.40. The fraction of sp³-hybridized carbons (Fsp3) is 0.143. The van der Waals surface area contributed by atoms with Crippen LogP contribution in [-0.4, -0.2) is 18.0 Å². The van der Waals surface area contributed by atoms with E-state index in [1.54, 1.807) is 7.11 Å². The van der Waals surface area contributed by atoms with E-state index < -0.39 is 0 Å². The highest BCUT2D eigenvalue weighted by molar-refractivity contribution is 6.03. The lowest BCUT2D eigenvalue weighted by atomic mass is 10.0. The maximum atomic E-state index is 12.1. The third kappa shape index (κ3) is 1.68. The molecule has 0 saturated heterocycles. The van der Waals surface area contributed by atoms with Gasteiger partial charge in [0.15, 0.2) is 0 Å². The van der Waals surface area contributed by atoms with Gasteiger partial charge in [-0.15, -0.1) is 0 Å². The van der Waals surface area contributed by atoms with E-state index in [1.807, 2.05) is 24.3 Å². The predicted molar refractivity (Wildman–Crippen MR) is 72.8 cm³/mol. The van der Waals surface area contributed by atoms with Crippen LogP contribution in [0.2, 0.25) is 0 Å². The van der Waals surface area contributed by atoms with Gasteiger partial charge < -0.3 is 20.8 Å². The number of nitrogens with two attached hydrogens (primary N) is 1.